The number of nitrogens with one attached hydrogen (secondary N) is 1. The smallest absolute Gasteiger partial charge is 0.0379 e. The van der Waals surface area contributed by atoms with Crippen LogP contribution < -0.4 is 5.32 Å². The molecule has 2 aromatic rings. The maximum atomic E-state index is 4.20. The molecule has 0 saturated carbocycles. The van der Waals surface area contributed by atoms with Gasteiger partial charge in [-0.25, -0.2) is 0 Å². The van der Waals surface area contributed by atoms with E-state index in [1.54, 1.807) is 11.1 Å². The van der Waals surface area contributed by atoms with Gasteiger partial charge in [0.05, 0.1) is 0 Å². The van der Waals surface area contributed by atoms with Gasteiger partial charge >= 0.3 is 0 Å². The number of aromatic nitrogens is 1. The lowest BCUT2D eigenvalue weighted by atomic mass is 9.77. The molecule has 132 valence electrons. The van der Waals surface area contributed by atoms with Crippen LogP contribution in [0.25, 0.3) is 11.1 Å². The third-order valence-corrected chi connectivity index (χ3v) is 5.83. The Morgan fingerprint density at radius 2 is 1.84 bits per heavy atom. The van der Waals surface area contributed by atoms with E-state index in [9.17, 15) is 0 Å². The van der Waals surface area contributed by atoms with E-state index in [0.717, 1.165) is 6.54 Å². The predicted molar refractivity (Wildman–Crippen MR) is 105 cm³/mol. The van der Waals surface area contributed by atoms with Crippen molar-refractivity contribution in [2.45, 2.75) is 51.5 Å². The van der Waals surface area contributed by atoms with Crippen molar-refractivity contribution in [1.82, 2.24) is 9.88 Å². The first-order chi connectivity index (χ1) is 12.3. The number of nitrogens with zero attached hydrogens (tertiary/aromatic N) is 2. The van der Waals surface area contributed by atoms with Crippen molar-refractivity contribution in [2.75, 3.05) is 25.0 Å². The molecule has 1 N–H and O–H groups in total. The number of rotatable bonds is 6. The van der Waals surface area contributed by atoms with Crippen LogP contribution in [-0.4, -0.2) is 35.6 Å². The van der Waals surface area contributed by atoms with Crippen LogP contribution in [0.5, 0.6) is 0 Å². The zero-order valence-corrected chi connectivity index (χ0v) is 15.5. The first kappa shape index (κ1) is 16.6. The van der Waals surface area contributed by atoms with Crippen LogP contribution in [0.1, 0.15) is 50.2 Å². The van der Waals surface area contributed by atoms with Crippen LogP contribution in [0.15, 0.2) is 36.7 Å². The maximum absolute atomic E-state index is 4.20. The summed E-state index contributed by atoms with van der Waals surface area (Å²) >= 11 is 0. The summed E-state index contributed by atoms with van der Waals surface area (Å²) in [6, 6.07) is 9.56. The van der Waals surface area contributed by atoms with E-state index < -0.39 is 0 Å². The molecule has 1 aliphatic carbocycles. The summed E-state index contributed by atoms with van der Waals surface area (Å²) in [6.45, 7) is 8.15. The molecule has 1 aromatic carbocycles. The highest BCUT2D eigenvalue weighted by molar-refractivity contribution is 5.76. The third kappa shape index (κ3) is 3.06. The molecule has 25 heavy (non-hydrogen) atoms. The van der Waals surface area contributed by atoms with E-state index in [0.29, 0.717) is 12.0 Å². The second-order valence-electron chi connectivity index (χ2n) is 7.50. The van der Waals surface area contributed by atoms with Crippen molar-refractivity contribution < 1.29 is 0 Å². The number of pyridine rings is 1. The van der Waals surface area contributed by atoms with Crippen molar-refractivity contribution in [3.05, 3.63) is 47.8 Å². The molecule has 2 unspecified atom stereocenters. The summed E-state index contributed by atoms with van der Waals surface area (Å²) in [7, 11) is 0. The first-order valence-electron chi connectivity index (χ1n) is 9.85. The van der Waals surface area contributed by atoms with Gasteiger partial charge in [0.25, 0.3) is 0 Å². The average Bonchev–Trinajstić information content (AvgIpc) is 3.07. The number of benzene rings is 1. The molecule has 0 amide bonds. The predicted octanol–water partition coefficient (Wildman–Crippen LogP) is 4.69. The summed E-state index contributed by atoms with van der Waals surface area (Å²) in [5.74, 6) is 0.668. The molecule has 4 rings (SSSR count). The summed E-state index contributed by atoms with van der Waals surface area (Å²) in [6.07, 6.45) is 8.77. The van der Waals surface area contributed by atoms with E-state index in [-0.39, 0.29) is 0 Å². The average molecular weight is 335 g/mol. The molecule has 3 heteroatoms. The van der Waals surface area contributed by atoms with Gasteiger partial charge in [0.1, 0.15) is 0 Å². The standard InChI is InChI=1S/C22H29N3/c1-3-11-25(12-4-2)18-13-17-15-24-21-6-5-19(20(14-18)22(17)21)16-7-9-23-10-8-16/h5-10,17-18,24H,3-4,11-15H2,1-2H3. The van der Waals surface area contributed by atoms with Crippen molar-refractivity contribution in [2.24, 2.45) is 0 Å². The maximum Gasteiger partial charge on any atom is 0.0379 e. The zero-order chi connectivity index (χ0) is 17.2. The Balaban J connectivity index is 1.74. The lowest BCUT2D eigenvalue weighted by Gasteiger charge is -2.38. The van der Waals surface area contributed by atoms with Gasteiger partial charge in [-0.3, -0.25) is 4.98 Å². The Kier molecular flexibility index (Phi) is 4.76. The van der Waals surface area contributed by atoms with E-state index in [1.165, 1.54) is 55.6 Å². The van der Waals surface area contributed by atoms with Crippen LogP contribution in [0.2, 0.25) is 0 Å². The van der Waals surface area contributed by atoms with Gasteiger partial charge in [0, 0.05) is 36.6 Å². The Hall–Kier alpha value is -1.87. The van der Waals surface area contributed by atoms with E-state index >= 15 is 0 Å². The highest BCUT2D eigenvalue weighted by atomic mass is 15.2. The highest BCUT2D eigenvalue weighted by Gasteiger charge is 2.36. The molecule has 0 radical (unpaired) electrons. The fourth-order valence-electron chi connectivity index (χ4n) is 4.82. The Labute approximate surface area is 151 Å². The summed E-state index contributed by atoms with van der Waals surface area (Å²) in [4.78, 5) is 6.94. The van der Waals surface area contributed by atoms with Gasteiger partial charge in [0.2, 0.25) is 0 Å². The second-order valence-corrected chi connectivity index (χ2v) is 7.50. The topological polar surface area (TPSA) is 28.2 Å². The fourth-order valence-corrected chi connectivity index (χ4v) is 4.82. The molecule has 0 saturated heterocycles. The van der Waals surface area contributed by atoms with E-state index in [2.05, 4.69) is 53.3 Å². The minimum absolute atomic E-state index is 0.668. The van der Waals surface area contributed by atoms with Crippen molar-refractivity contribution in [1.29, 1.82) is 0 Å². The Morgan fingerprint density at radius 3 is 2.56 bits per heavy atom. The van der Waals surface area contributed by atoms with Crippen LogP contribution in [0, 0.1) is 0 Å². The van der Waals surface area contributed by atoms with Crippen LogP contribution in [0.3, 0.4) is 0 Å². The van der Waals surface area contributed by atoms with Gasteiger partial charge in [-0.2, -0.15) is 0 Å². The summed E-state index contributed by atoms with van der Waals surface area (Å²) in [5, 5.41) is 3.65. The van der Waals surface area contributed by atoms with Crippen LogP contribution in [0.4, 0.5) is 5.69 Å². The van der Waals surface area contributed by atoms with Gasteiger partial charge in [0.15, 0.2) is 0 Å². The molecule has 0 spiro atoms. The molecule has 0 fully saturated rings. The number of hydrogen-bond donors (Lipinski definition) is 1. The quantitative estimate of drug-likeness (QED) is 0.830. The molecule has 3 nitrogen and oxygen atoms in total. The van der Waals surface area contributed by atoms with Crippen LogP contribution >= 0.6 is 0 Å². The molecule has 2 heterocycles. The van der Waals surface area contributed by atoms with Gasteiger partial charge in [-0.15, -0.1) is 0 Å². The molecule has 0 bridgehead atoms. The molecule has 1 aromatic heterocycles. The lowest BCUT2D eigenvalue weighted by molar-refractivity contribution is 0.173. The van der Waals surface area contributed by atoms with Crippen molar-refractivity contribution in [3.63, 3.8) is 0 Å². The monoisotopic (exact) mass is 335 g/mol. The summed E-state index contributed by atoms with van der Waals surface area (Å²) < 4.78 is 0. The van der Waals surface area contributed by atoms with Gasteiger partial charge < -0.3 is 10.2 Å². The summed E-state index contributed by atoms with van der Waals surface area (Å²) in [5.41, 5.74) is 7.25. The molecular formula is C22H29N3. The first-order valence-corrected chi connectivity index (χ1v) is 9.85. The van der Waals surface area contributed by atoms with E-state index in [1.807, 2.05) is 12.4 Å². The normalized spacial score (nSPS) is 21.2. The fraction of sp³-hybridized carbons (Fsp3) is 0.500. The van der Waals surface area contributed by atoms with Crippen molar-refractivity contribution in [3.8, 4) is 11.1 Å². The zero-order valence-electron chi connectivity index (χ0n) is 15.5. The van der Waals surface area contributed by atoms with Crippen molar-refractivity contribution >= 4 is 5.69 Å². The van der Waals surface area contributed by atoms with Gasteiger partial charge in [-0.05, 0) is 79.2 Å². The minimum atomic E-state index is 0.668. The third-order valence-electron chi connectivity index (χ3n) is 5.83. The Morgan fingerprint density at radius 1 is 1.08 bits per heavy atom. The van der Waals surface area contributed by atoms with Gasteiger partial charge in [-0.1, -0.05) is 19.9 Å². The molecule has 2 atom stereocenters. The highest BCUT2D eigenvalue weighted by Crippen LogP contribution is 2.46. The SMILES string of the molecule is CCCN(CCC)C1Cc2c(-c3ccncc3)ccc3c2C(CN3)C1. The number of hydrogen-bond acceptors (Lipinski definition) is 3. The largest absolute Gasteiger partial charge is 0.384 e. The lowest BCUT2D eigenvalue weighted by Crippen LogP contribution is -2.41. The molecule has 1 aliphatic heterocycles. The Bertz CT molecular complexity index is 720. The van der Waals surface area contributed by atoms with Crippen LogP contribution in [-0.2, 0) is 6.42 Å². The second kappa shape index (κ2) is 7.17. The van der Waals surface area contributed by atoms with E-state index in [4.69, 9.17) is 0 Å². The minimum Gasteiger partial charge on any atom is -0.384 e. The molecule has 2 aliphatic rings. The molecular weight excluding hydrogens is 306 g/mol. The number of anilines is 1.